The molecule has 0 spiro atoms. The molecule has 2 heterocycles. The first-order valence-corrected chi connectivity index (χ1v) is 6.52. The summed E-state index contributed by atoms with van der Waals surface area (Å²) >= 11 is 0. The maximum Gasteiger partial charge on any atom is 0.224 e. The third kappa shape index (κ3) is 1.35. The van der Waals surface area contributed by atoms with Crippen LogP contribution in [0.25, 0.3) is 0 Å². The fraction of sp³-hybridized carbons (Fsp3) is 0.875. The molecule has 2 aliphatic heterocycles. The first-order valence-electron chi connectivity index (χ1n) is 4.20. The zero-order chi connectivity index (χ0) is 8.77. The molecule has 0 radical (unpaired) electrons. The maximum absolute atomic E-state index is 11.4. The van der Waals surface area contributed by atoms with E-state index in [4.69, 9.17) is 0 Å². The van der Waals surface area contributed by atoms with E-state index >= 15 is 0 Å². The monoisotopic (exact) mass is 203 g/mol. The second-order valence-electron chi connectivity index (χ2n) is 3.97. The molecule has 2 atom stereocenters. The van der Waals surface area contributed by atoms with E-state index in [-0.39, 0.29) is 16.6 Å². The fourth-order valence-electron chi connectivity index (χ4n) is 1.67. The van der Waals surface area contributed by atoms with Crippen LogP contribution in [0.4, 0.5) is 0 Å². The van der Waals surface area contributed by atoms with Crippen molar-refractivity contribution >= 4 is 27.5 Å². The van der Waals surface area contributed by atoms with Crippen molar-refractivity contribution in [3.63, 3.8) is 0 Å². The lowest BCUT2D eigenvalue weighted by Gasteiger charge is -2.29. The summed E-state index contributed by atoms with van der Waals surface area (Å²) in [6.07, 6.45) is 1.03. The molecule has 2 fully saturated rings. The molecule has 68 valence electrons. The summed E-state index contributed by atoms with van der Waals surface area (Å²) in [6.45, 7) is 4.42. The zero-order valence-corrected chi connectivity index (χ0v) is 8.93. The molecule has 2 bridgehead atoms. The van der Waals surface area contributed by atoms with E-state index in [9.17, 15) is 4.79 Å². The summed E-state index contributed by atoms with van der Waals surface area (Å²) in [4.78, 5) is 11.4. The van der Waals surface area contributed by atoms with E-state index < -0.39 is 0 Å². The molecule has 0 saturated carbocycles. The Kier molecular flexibility index (Phi) is 2.07. The van der Waals surface area contributed by atoms with E-state index in [1.165, 1.54) is 0 Å². The lowest BCUT2D eigenvalue weighted by molar-refractivity contribution is -0.122. The van der Waals surface area contributed by atoms with Crippen molar-refractivity contribution in [2.75, 3.05) is 5.75 Å². The average Bonchev–Trinajstić information content (AvgIpc) is 2.25. The topological polar surface area (TPSA) is 29.1 Å². The van der Waals surface area contributed by atoms with Gasteiger partial charge < -0.3 is 5.32 Å². The molecule has 1 N–H and O–H groups in total. The van der Waals surface area contributed by atoms with Crippen molar-refractivity contribution in [2.45, 2.75) is 31.1 Å². The smallest absolute Gasteiger partial charge is 0.224 e. The molecule has 2 unspecified atom stereocenters. The Labute approximate surface area is 80.6 Å². The quantitative estimate of drug-likeness (QED) is 0.607. The van der Waals surface area contributed by atoms with Crippen LogP contribution in [-0.4, -0.2) is 22.4 Å². The van der Waals surface area contributed by atoms with Crippen molar-refractivity contribution in [2.24, 2.45) is 5.92 Å². The Morgan fingerprint density at radius 2 is 2.33 bits per heavy atom. The second kappa shape index (κ2) is 2.84. The molecular weight excluding hydrogens is 190 g/mol. The van der Waals surface area contributed by atoms with Gasteiger partial charge in [-0.25, -0.2) is 0 Å². The van der Waals surface area contributed by atoms with E-state index in [0.29, 0.717) is 6.04 Å². The van der Waals surface area contributed by atoms with E-state index in [2.05, 4.69) is 19.2 Å². The van der Waals surface area contributed by atoms with Crippen LogP contribution in [0.1, 0.15) is 20.3 Å². The molecule has 2 nitrogen and oxygen atoms in total. The highest BCUT2D eigenvalue weighted by molar-refractivity contribution is 8.77. The molecule has 2 rings (SSSR count). The van der Waals surface area contributed by atoms with Gasteiger partial charge in [-0.3, -0.25) is 4.79 Å². The van der Waals surface area contributed by atoms with Crippen molar-refractivity contribution in [1.82, 2.24) is 5.32 Å². The van der Waals surface area contributed by atoms with Crippen molar-refractivity contribution in [1.29, 1.82) is 0 Å². The lowest BCUT2D eigenvalue weighted by Crippen LogP contribution is -2.41. The van der Waals surface area contributed by atoms with Crippen LogP contribution in [0.5, 0.6) is 0 Å². The van der Waals surface area contributed by atoms with Crippen LogP contribution < -0.4 is 5.32 Å². The van der Waals surface area contributed by atoms with Crippen molar-refractivity contribution < 1.29 is 4.79 Å². The van der Waals surface area contributed by atoms with Crippen LogP contribution in [-0.2, 0) is 4.79 Å². The van der Waals surface area contributed by atoms with Gasteiger partial charge in [-0.15, -0.1) is 0 Å². The molecule has 2 aliphatic rings. The normalized spacial score (nSPS) is 39.0. The third-order valence-electron chi connectivity index (χ3n) is 2.59. The number of hydrogen-bond donors (Lipinski definition) is 1. The molecular formula is C8H13NOS2. The van der Waals surface area contributed by atoms with Gasteiger partial charge in [0.2, 0.25) is 5.91 Å². The fourth-order valence-corrected chi connectivity index (χ4v) is 4.72. The number of rotatable bonds is 0. The molecule has 0 aliphatic carbocycles. The largest absolute Gasteiger partial charge is 0.352 e. The maximum atomic E-state index is 11.4. The first-order chi connectivity index (χ1) is 5.59. The Balaban J connectivity index is 2.21. The Morgan fingerprint density at radius 3 is 3.08 bits per heavy atom. The van der Waals surface area contributed by atoms with Gasteiger partial charge in [0.05, 0.1) is 0 Å². The van der Waals surface area contributed by atoms with Gasteiger partial charge in [0.1, 0.15) is 0 Å². The van der Waals surface area contributed by atoms with Crippen LogP contribution in [0, 0.1) is 5.92 Å². The number of nitrogens with one attached hydrogen (secondary N) is 1. The van der Waals surface area contributed by atoms with Crippen LogP contribution >= 0.6 is 21.6 Å². The van der Waals surface area contributed by atoms with E-state index in [1.54, 1.807) is 0 Å². The van der Waals surface area contributed by atoms with Gasteiger partial charge in [0.25, 0.3) is 0 Å². The standard InChI is InChI=1S/C8H13NOS2/c1-8(2)6-3-5(4-11-12-8)7(10)9-6/h5-6H,3-4H2,1-2H3,(H,9,10). The minimum atomic E-state index is 0.200. The van der Waals surface area contributed by atoms with Gasteiger partial charge >= 0.3 is 0 Å². The minimum absolute atomic E-state index is 0.200. The van der Waals surface area contributed by atoms with Gasteiger partial charge in [0.15, 0.2) is 0 Å². The highest BCUT2D eigenvalue weighted by Crippen LogP contribution is 2.46. The molecule has 0 aromatic carbocycles. The summed E-state index contributed by atoms with van der Waals surface area (Å²) in [7, 11) is 3.75. The number of fused-ring (bicyclic) bond motifs is 2. The first kappa shape index (κ1) is 8.75. The number of carbonyl (C=O) groups is 1. The Bertz CT molecular complexity index is 217. The van der Waals surface area contributed by atoms with Gasteiger partial charge in [0, 0.05) is 22.5 Å². The highest BCUT2D eigenvalue weighted by atomic mass is 33.1. The van der Waals surface area contributed by atoms with Crippen molar-refractivity contribution in [3.05, 3.63) is 0 Å². The summed E-state index contributed by atoms with van der Waals surface area (Å²) in [5, 5.41) is 3.07. The molecule has 12 heavy (non-hydrogen) atoms. The van der Waals surface area contributed by atoms with Crippen molar-refractivity contribution in [3.8, 4) is 0 Å². The van der Waals surface area contributed by atoms with Gasteiger partial charge in [-0.1, -0.05) is 21.6 Å². The minimum Gasteiger partial charge on any atom is -0.352 e. The highest BCUT2D eigenvalue weighted by Gasteiger charge is 2.43. The molecule has 2 saturated heterocycles. The Morgan fingerprint density at radius 1 is 1.58 bits per heavy atom. The van der Waals surface area contributed by atoms with Gasteiger partial charge in [-0.2, -0.15) is 0 Å². The summed E-state index contributed by atoms with van der Waals surface area (Å²) < 4.78 is 0.200. The third-order valence-corrected chi connectivity index (χ3v) is 6.01. The summed E-state index contributed by atoms with van der Waals surface area (Å²) in [5.41, 5.74) is 0. The Hall–Kier alpha value is 0.170. The predicted molar refractivity (Wildman–Crippen MR) is 54.2 cm³/mol. The number of amides is 1. The number of carbonyl (C=O) groups excluding carboxylic acids is 1. The molecule has 4 heteroatoms. The summed E-state index contributed by atoms with van der Waals surface area (Å²) in [6, 6.07) is 0.384. The van der Waals surface area contributed by atoms with E-state index in [0.717, 1.165) is 12.2 Å². The van der Waals surface area contributed by atoms with Crippen LogP contribution in [0.2, 0.25) is 0 Å². The lowest BCUT2D eigenvalue weighted by atomic mass is 9.98. The van der Waals surface area contributed by atoms with Gasteiger partial charge in [-0.05, 0) is 20.3 Å². The van der Waals surface area contributed by atoms with Crippen LogP contribution in [0.15, 0.2) is 0 Å². The average molecular weight is 203 g/mol. The molecule has 0 aromatic heterocycles. The number of hydrogen-bond acceptors (Lipinski definition) is 3. The van der Waals surface area contributed by atoms with E-state index in [1.807, 2.05) is 21.6 Å². The summed E-state index contributed by atoms with van der Waals surface area (Å²) in [5.74, 6) is 1.52. The molecule has 1 amide bonds. The van der Waals surface area contributed by atoms with Crippen LogP contribution in [0.3, 0.4) is 0 Å². The second-order valence-corrected chi connectivity index (χ2v) is 6.96. The predicted octanol–water partition coefficient (Wildman–Crippen LogP) is 1.66. The SMILES string of the molecule is CC1(C)SSCC2CC1NC2=O. The molecule has 0 aromatic rings. The zero-order valence-electron chi connectivity index (χ0n) is 7.29.